The Hall–Kier alpha value is -3.61. The molecule has 0 aliphatic carbocycles. The first kappa shape index (κ1) is 24.1. The van der Waals surface area contributed by atoms with Gasteiger partial charge in [-0.1, -0.05) is 30.3 Å². The fraction of sp³-hybridized carbons (Fsp3) is 0.208. The van der Waals surface area contributed by atoms with Crippen LogP contribution in [-0.4, -0.2) is 42.3 Å². The molecule has 2 N–H and O–H groups in total. The van der Waals surface area contributed by atoms with E-state index in [-0.39, 0.29) is 46.7 Å². The topological polar surface area (TPSA) is 136 Å². The molecular formula is C24H19FN2O7S2. The van der Waals surface area contributed by atoms with Gasteiger partial charge in [0, 0.05) is 18.6 Å². The lowest BCUT2D eigenvalue weighted by Gasteiger charge is -2.37. The lowest BCUT2D eigenvalue weighted by atomic mass is 9.90. The van der Waals surface area contributed by atoms with Crippen LogP contribution in [0.1, 0.15) is 28.1 Å². The van der Waals surface area contributed by atoms with E-state index >= 15 is 4.39 Å². The van der Waals surface area contributed by atoms with Crippen molar-refractivity contribution in [2.24, 2.45) is 0 Å². The molecule has 0 bridgehead atoms. The largest absolute Gasteiger partial charge is 0.477 e. The molecule has 0 atom stereocenters. The van der Waals surface area contributed by atoms with E-state index in [4.69, 9.17) is 4.74 Å². The Morgan fingerprint density at radius 1 is 1.11 bits per heavy atom. The summed E-state index contributed by atoms with van der Waals surface area (Å²) >= 11 is 0.741. The van der Waals surface area contributed by atoms with Gasteiger partial charge in [0.2, 0.25) is 0 Å². The number of nitrogens with zero attached hydrogens (tertiary/aromatic N) is 1. The second kappa shape index (κ2) is 8.80. The van der Waals surface area contributed by atoms with E-state index in [9.17, 15) is 27.9 Å². The molecule has 9 nitrogen and oxygen atoms in total. The van der Waals surface area contributed by atoms with Crippen molar-refractivity contribution in [1.29, 1.82) is 0 Å². The fourth-order valence-electron chi connectivity index (χ4n) is 4.63. The standard InChI is InChI=1S/C24H19FN2O7S2/c25-16-7-6-15(36(32,33)24(8-10-34-11-9-24)14-4-2-1-3-5-14)12-18(16)27-21(28)19-17(26-23(27)31)13-35-20(19)22(29)30/h1-7,12-13H,8-11H2,(H,26,31)(H,29,30). The van der Waals surface area contributed by atoms with E-state index in [0.29, 0.717) is 10.1 Å². The van der Waals surface area contributed by atoms with Crippen LogP contribution in [0.3, 0.4) is 0 Å². The van der Waals surface area contributed by atoms with Crippen molar-refractivity contribution in [2.45, 2.75) is 22.5 Å². The maximum atomic E-state index is 15.0. The number of halogens is 1. The highest BCUT2D eigenvalue weighted by molar-refractivity contribution is 7.92. The number of aromatic carboxylic acids is 1. The SMILES string of the molecule is O=C(O)c1scc2[nH]c(=O)n(-c3cc(S(=O)(=O)C4(c5ccccc5)CCOCC4)ccc3F)c(=O)c12. The zero-order valence-corrected chi connectivity index (χ0v) is 20.2. The van der Waals surface area contributed by atoms with E-state index in [0.717, 1.165) is 29.5 Å². The minimum atomic E-state index is -4.17. The number of carboxylic acids is 1. The molecule has 4 aromatic rings. The number of aromatic amines is 1. The second-order valence-corrected chi connectivity index (χ2v) is 11.5. The molecule has 1 fully saturated rings. The van der Waals surface area contributed by atoms with E-state index in [1.165, 1.54) is 5.38 Å². The number of benzene rings is 2. The van der Waals surface area contributed by atoms with Gasteiger partial charge in [0.05, 0.1) is 21.5 Å². The first-order valence-electron chi connectivity index (χ1n) is 10.8. The molecule has 12 heteroatoms. The molecule has 1 aliphatic heterocycles. The molecule has 0 spiro atoms. The number of aromatic nitrogens is 2. The van der Waals surface area contributed by atoms with Crippen molar-refractivity contribution < 1.29 is 27.4 Å². The number of hydrogen-bond acceptors (Lipinski definition) is 7. The molecule has 1 aliphatic rings. The summed E-state index contributed by atoms with van der Waals surface area (Å²) in [5.74, 6) is -2.40. The number of rotatable bonds is 5. The van der Waals surface area contributed by atoms with Gasteiger partial charge in [0.25, 0.3) is 5.56 Å². The van der Waals surface area contributed by atoms with Crippen molar-refractivity contribution in [3.63, 3.8) is 0 Å². The van der Waals surface area contributed by atoms with Crippen molar-refractivity contribution in [3.8, 4) is 5.69 Å². The molecule has 2 aromatic carbocycles. The number of hydrogen-bond donors (Lipinski definition) is 2. The predicted octanol–water partition coefficient (Wildman–Crippen LogP) is 3.06. The van der Waals surface area contributed by atoms with Crippen LogP contribution < -0.4 is 11.2 Å². The van der Waals surface area contributed by atoms with Gasteiger partial charge >= 0.3 is 11.7 Å². The molecule has 5 rings (SSSR count). The maximum Gasteiger partial charge on any atom is 0.346 e. The van der Waals surface area contributed by atoms with Crippen LogP contribution in [0.4, 0.5) is 4.39 Å². The number of sulfone groups is 1. The molecule has 1 saturated heterocycles. The summed E-state index contributed by atoms with van der Waals surface area (Å²) in [4.78, 5) is 39.3. The van der Waals surface area contributed by atoms with E-state index < -0.39 is 43.3 Å². The zero-order chi connectivity index (χ0) is 25.7. The molecule has 186 valence electrons. The molecule has 2 aromatic heterocycles. The molecule has 0 unspecified atom stereocenters. The minimum Gasteiger partial charge on any atom is -0.477 e. The summed E-state index contributed by atoms with van der Waals surface area (Å²) in [5, 5.41) is 10.4. The van der Waals surface area contributed by atoms with Crippen LogP contribution in [0, 0.1) is 5.82 Å². The van der Waals surface area contributed by atoms with Crippen LogP contribution in [0.2, 0.25) is 0 Å². The summed E-state index contributed by atoms with van der Waals surface area (Å²) in [6.45, 7) is 0.405. The Bertz CT molecular complexity index is 1720. The normalized spacial score (nSPS) is 15.7. The molecule has 0 radical (unpaired) electrons. The van der Waals surface area contributed by atoms with Crippen LogP contribution in [0.5, 0.6) is 0 Å². The highest BCUT2D eigenvalue weighted by atomic mass is 32.2. The summed E-state index contributed by atoms with van der Waals surface area (Å²) in [6.07, 6.45) is 0.324. The monoisotopic (exact) mass is 530 g/mol. The van der Waals surface area contributed by atoms with Crippen LogP contribution in [-0.2, 0) is 19.3 Å². The van der Waals surface area contributed by atoms with Crippen LogP contribution in [0.15, 0.2) is 68.4 Å². The molecule has 36 heavy (non-hydrogen) atoms. The minimum absolute atomic E-state index is 0.00179. The van der Waals surface area contributed by atoms with Gasteiger partial charge in [-0.25, -0.2) is 27.0 Å². The molecule has 0 saturated carbocycles. The lowest BCUT2D eigenvalue weighted by Crippen LogP contribution is -2.41. The number of ether oxygens (including phenoxy) is 1. The maximum absolute atomic E-state index is 15.0. The number of H-pyrrole nitrogens is 1. The van der Waals surface area contributed by atoms with Crippen molar-refractivity contribution in [3.05, 3.63) is 91.0 Å². The predicted molar refractivity (Wildman–Crippen MR) is 130 cm³/mol. The highest BCUT2D eigenvalue weighted by Gasteiger charge is 2.47. The fourth-order valence-corrected chi connectivity index (χ4v) is 7.57. The number of thiophene rings is 1. The Morgan fingerprint density at radius 3 is 2.47 bits per heavy atom. The van der Waals surface area contributed by atoms with Gasteiger partial charge in [-0.05, 0) is 36.6 Å². The van der Waals surface area contributed by atoms with Crippen molar-refractivity contribution in [1.82, 2.24) is 9.55 Å². The molecule has 0 amide bonds. The zero-order valence-electron chi connectivity index (χ0n) is 18.6. The molecular weight excluding hydrogens is 511 g/mol. The average Bonchev–Trinajstić information content (AvgIpc) is 3.30. The molecule has 3 heterocycles. The second-order valence-electron chi connectivity index (χ2n) is 8.32. The van der Waals surface area contributed by atoms with Gasteiger partial charge in [0.1, 0.15) is 15.4 Å². The van der Waals surface area contributed by atoms with Gasteiger partial charge in [-0.15, -0.1) is 11.3 Å². The van der Waals surface area contributed by atoms with E-state index in [1.54, 1.807) is 30.3 Å². The number of carboxylic acid groups (broad SMARTS) is 1. The van der Waals surface area contributed by atoms with Crippen LogP contribution >= 0.6 is 11.3 Å². The number of carbonyl (C=O) groups is 1. The summed E-state index contributed by atoms with van der Waals surface area (Å²) in [6, 6.07) is 11.6. The number of nitrogens with one attached hydrogen (secondary N) is 1. The Labute approximate surface area is 207 Å². The lowest BCUT2D eigenvalue weighted by molar-refractivity contribution is 0.0703. The first-order chi connectivity index (χ1) is 17.2. The summed E-state index contributed by atoms with van der Waals surface area (Å²) in [5.41, 5.74) is -2.13. The van der Waals surface area contributed by atoms with Crippen LogP contribution in [0.25, 0.3) is 16.6 Å². The van der Waals surface area contributed by atoms with Crippen molar-refractivity contribution >= 4 is 38.0 Å². The Morgan fingerprint density at radius 2 is 1.81 bits per heavy atom. The Balaban J connectivity index is 1.74. The van der Waals surface area contributed by atoms with Gasteiger partial charge in [0.15, 0.2) is 9.84 Å². The smallest absolute Gasteiger partial charge is 0.346 e. The van der Waals surface area contributed by atoms with Gasteiger partial charge in [-0.2, -0.15) is 0 Å². The van der Waals surface area contributed by atoms with E-state index in [1.807, 2.05) is 0 Å². The first-order valence-corrected chi connectivity index (χ1v) is 13.2. The van der Waals surface area contributed by atoms with Gasteiger partial charge < -0.3 is 14.8 Å². The quantitative estimate of drug-likeness (QED) is 0.379. The third-order valence-corrected chi connectivity index (χ3v) is 9.95. The highest BCUT2D eigenvalue weighted by Crippen LogP contribution is 2.44. The summed E-state index contributed by atoms with van der Waals surface area (Å²) in [7, 11) is -4.17. The average molecular weight is 531 g/mol. The van der Waals surface area contributed by atoms with Gasteiger partial charge in [-0.3, -0.25) is 4.79 Å². The third-order valence-electron chi connectivity index (χ3n) is 6.43. The Kier molecular flexibility index (Phi) is 5.89. The summed E-state index contributed by atoms with van der Waals surface area (Å²) < 4.78 is 47.6. The number of fused-ring (bicyclic) bond motifs is 1. The third kappa shape index (κ3) is 3.60. The van der Waals surface area contributed by atoms with E-state index in [2.05, 4.69) is 4.98 Å². The van der Waals surface area contributed by atoms with Crippen molar-refractivity contribution in [2.75, 3.05) is 13.2 Å².